The van der Waals surface area contributed by atoms with Crippen LogP contribution in [0.5, 0.6) is 0 Å². The molecule has 2 atom stereocenters. The fourth-order valence-corrected chi connectivity index (χ4v) is 6.55. The van der Waals surface area contributed by atoms with Crippen molar-refractivity contribution in [2.45, 2.75) is 62.9 Å². The van der Waals surface area contributed by atoms with Crippen LogP contribution < -0.4 is 0 Å². The van der Waals surface area contributed by atoms with E-state index in [1.807, 2.05) is 4.90 Å². The lowest BCUT2D eigenvalue weighted by molar-refractivity contribution is -0.0368. The van der Waals surface area contributed by atoms with Crippen LogP contribution in [-0.2, 0) is 9.47 Å². The van der Waals surface area contributed by atoms with E-state index in [4.69, 9.17) is 9.47 Å². The third kappa shape index (κ3) is 3.99. The second kappa shape index (κ2) is 8.98. The van der Waals surface area contributed by atoms with E-state index in [2.05, 4.69) is 54.6 Å². The van der Waals surface area contributed by atoms with E-state index < -0.39 is 0 Å². The number of hydrogen-bond acceptors (Lipinski definition) is 3. The molecule has 2 heterocycles. The van der Waals surface area contributed by atoms with Crippen LogP contribution >= 0.6 is 0 Å². The zero-order chi connectivity index (χ0) is 22.2. The van der Waals surface area contributed by atoms with E-state index >= 15 is 0 Å². The summed E-state index contributed by atoms with van der Waals surface area (Å²) in [5, 5.41) is 0. The number of rotatable bonds is 4. The van der Waals surface area contributed by atoms with Crippen LogP contribution in [0.4, 0.5) is 4.79 Å². The zero-order valence-electron chi connectivity index (χ0n) is 19.2. The molecule has 0 N–H and O–H groups in total. The summed E-state index contributed by atoms with van der Waals surface area (Å²) in [5.74, 6) is 0.923. The number of carbonyl (C=O) groups is 1. The Kier molecular flexibility index (Phi) is 5.71. The minimum Gasteiger partial charge on any atom is -0.448 e. The molecule has 1 amide bonds. The summed E-state index contributed by atoms with van der Waals surface area (Å²) in [6.45, 7) is 1.57. The van der Waals surface area contributed by atoms with Gasteiger partial charge in [0.1, 0.15) is 6.61 Å². The molecule has 0 radical (unpaired) electrons. The quantitative estimate of drug-likeness (QED) is 0.520. The highest BCUT2D eigenvalue weighted by atomic mass is 16.6. The number of ether oxygens (including phenoxy) is 2. The second-order valence-corrected chi connectivity index (χ2v) is 10.2. The fourth-order valence-electron chi connectivity index (χ4n) is 6.55. The SMILES string of the molecule is O=C(OCC1c2ccccc2-c2ccccc21)N1C2C=C(CC3CCCCC3)CC1COC2. The molecule has 0 aromatic heterocycles. The third-order valence-electron chi connectivity index (χ3n) is 8.10. The van der Waals surface area contributed by atoms with E-state index in [0.29, 0.717) is 19.8 Å². The Bertz CT molecular complexity index is 1010. The van der Waals surface area contributed by atoms with Gasteiger partial charge >= 0.3 is 6.09 Å². The van der Waals surface area contributed by atoms with Crippen molar-refractivity contribution in [1.82, 2.24) is 4.90 Å². The number of morpholine rings is 1. The molecule has 4 nitrogen and oxygen atoms in total. The molecule has 0 spiro atoms. The highest BCUT2D eigenvalue weighted by molar-refractivity contribution is 5.79. The van der Waals surface area contributed by atoms with Gasteiger partial charge in [-0.2, -0.15) is 0 Å². The molecule has 2 unspecified atom stereocenters. The van der Waals surface area contributed by atoms with Crippen molar-refractivity contribution in [1.29, 1.82) is 0 Å². The topological polar surface area (TPSA) is 38.8 Å². The summed E-state index contributed by atoms with van der Waals surface area (Å²) in [6, 6.07) is 17.1. The van der Waals surface area contributed by atoms with E-state index in [1.54, 1.807) is 0 Å². The summed E-state index contributed by atoms with van der Waals surface area (Å²) in [4.78, 5) is 15.3. The smallest absolute Gasteiger partial charge is 0.410 e. The molecule has 33 heavy (non-hydrogen) atoms. The van der Waals surface area contributed by atoms with Crippen molar-refractivity contribution in [3.63, 3.8) is 0 Å². The van der Waals surface area contributed by atoms with Crippen molar-refractivity contribution in [2.24, 2.45) is 5.92 Å². The Balaban J connectivity index is 1.16. The van der Waals surface area contributed by atoms with Gasteiger partial charge in [-0.25, -0.2) is 4.79 Å². The fraction of sp³-hybridized carbons (Fsp3) is 0.483. The van der Waals surface area contributed by atoms with Gasteiger partial charge in [-0.05, 0) is 41.0 Å². The summed E-state index contributed by atoms with van der Waals surface area (Å²) in [6.07, 6.45) is 11.1. The lowest BCUT2D eigenvalue weighted by atomic mass is 9.81. The van der Waals surface area contributed by atoms with Crippen molar-refractivity contribution < 1.29 is 14.3 Å². The van der Waals surface area contributed by atoms with Gasteiger partial charge in [0.05, 0.1) is 25.3 Å². The summed E-state index contributed by atoms with van der Waals surface area (Å²) < 4.78 is 11.8. The van der Waals surface area contributed by atoms with Crippen LogP contribution in [0.3, 0.4) is 0 Å². The van der Waals surface area contributed by atoms with E-state index in [1.165, 1.54) is 66.4 Å². The number of amides is 1. The molecule has 4 heteroatoms. The van der Waals surface area contributed by atoms with Gasteiger partial charge in [-0.3, -0.25) is 4.90 Å². The summed E-state index contributed by atoms with van der Waals surface area (Å²) in [5.41, 5.74) is 6.55. The van der Waals surface area contributed by atoms with Gasteiger partial charge < -0.3 is 9.47 Å². The third-order valence-corrected chi connectivity index (χ3v) is 8.10. The molecule has 172 valence electrons. The van der Waals surface area contributed by atoms with Crippen LogP contribution in [0.25, 0.3) is 11.1 Å². The number of benzene rings is 2. The molecule has 1 saturated carbocycles. The van der Waals surface area contributed by atoms with E-state index in [0.717, 1.165) is 12.3 Å². The van der Waals surface area contributed by atoms with Crippen LogP contribution in [0.15, 0.2) is 60.2 Å². The lowest BCUT2D eigenvalue weighted by Crippen LogP contribution is -2.56. The van der Waals surface area contributed by atoms with Gasteiger partial charge in [0.2, 0.25) is 0 Å². The Labute approximate surface area is 196 Å². The minimum absolute atomic E-state index is 0.00624. The second-order valence-electron chi connectivity index (χ2n) is 10.2. The first kappa shape index (κ1) is 21.0. The monoisotopic (exact) mass is 443 g/mol. The van der Waals surface area contributed by atoms with Gasteiger partial charge in [-0.15, -0.1) is 0 Å². The van der Waals surface area contributed by atoms with Crippen LogP contribution in [0.2, 0.25) is 0 Å². The zero-order valence-corrected chi connectivity index (χ0v) is 19.2. The van der Waals surface area contributed by atoms with Crippen LogP contribution in [0.1, 0.15) is 62.0 Å². The molecule has 2 aliphatic carbocycles. The van der Waals surface area contributed by atoms with E-state index in [9.17, 15) is 4.79 Å². The number of nitrogens with zero attached hydrogens (tertiary/aromatic N) is 1. The largest absolute Gasteiger partial charge is 0.448 e. The standard InChI is InChI=1S/C29H33NO3/c31-29(33-19-28-26-12-6-4-10-24(26)25-11-5-7-13-27(25)28)30-22-15-21(16-23(30)18-32-17-22)14-20-8-2-1-3-9-20/h4-7,10-13,15,20,22-23,28H,1-3,8-9,14,16-19H2. The highest BCUT2D eigenvalue weighted by Gasteiger charge is 2.40. The summed E-state index contributed by atoms with van der Waals surface area (Å²) in [7, 11) is 0. The maximum Gasteiger partial charge on any atom is 0.410 e. The van der Waals surface area contributed by atoms with Gasteiger partial charge in [0, 0.05) is 5.92 Å². The van der Waals surface area contributed by atoms with Crippen molar-refractivity contribution >= 4 is 6.09 Å². The molecule has 2 bridgehead atoms. The molecule has 6 rings (SSSR count). The Morgan fingerprint density at radius 1 is 0.939 bits per heavy atom. The average Bonchev–Trinajstić information content (AvgIpc) is 3.16. The Hall–Kier alpha value is -2.59. The van der Waals surface area contributed by atoms with Crippen molar-refractivity contribution in [2.75, 3.05) is 19.8 Å². The lowest BCUT2D eigenvalue weighted by Gasteiger charge is -2.44. The van der Waals surface area contributed by atoms with Crippen LogP contribution in [-0.4, -0.2) is 42.9 Å². The molecule has 2 aliphatic heterocycles. The molecule has 4 aliphatic rings. The number of hydrogen-bond donors (Lipinski definition) is 0. The van der Waals surface area contributed by atoms with Crippen molar-refractivity contribution in [3.05, 3.63) is 71.3 Å². The Morgan fingerprint density at radius 3 is 2.33 bits per heavy atom. The Morgan fingerprint density at radius 2 is 1.64 bits per heavy atom. The van der Waals surface area contributed by atoms with Gasteiger partial charge in [0.25, 0.3) is 0 Å². The predicted octanol–water partition coefficient (Wildman–Crippen LogP) is 6.31. The predicted molar refractivity (Wildman–Crippen MR) is 129 cm³/mol. The summed E-state index contributed by atoms with van der Waals surface area (Å²) >= 11 is 0. The highest BCUT2D eigenvalue weighted by Crippen LogP contribution is 2.44. The molecule has 2 fully saturated rings. The minimum atomic E-state index is -0.192. The van der Waals surface area contributed by atoms with E-state index in [-0.39, 0.29) is 24.1 Å². The first-order valence-corrected chi connectivity index (χ1v) is 12.7. The molecule has 1 saturated heterocycles. The average molecular weight is 444 g/mol. The molecule has 2 aromatic rings. The maximum atomic E-state index is 13.3. The first-order valence-electron chi connectivity index (χ1n) is 12.7. The molecular weight excluding hydrogens is 410 g/mol. The van der Waals surface area contributed by atoms with Crippen molar-refractivity contribution in [3.8, 4) is 11.1 Å². The number of fused-ring (bicyclic) bond motifs is 5. The van der Waals surface area contributed by atoms with Gasteiger partial charge in [0.15, 0.2) is 0 Å². The van der Waals surface area contributed by atoms with Gasteiger partial charge in [-0.1, -0.05) is 92.3 Å². The normalized spacial score (nSPS) is 24.7. The maximum absolute atomic E-state index is 13.3. The molecular formula is C29H33NO3. The van der Waals surface area contributed by atoms with Crippen LogP contribution in [0, 0.1) is 5.92 Å². The number of carbonyl (C=O) groups excluding carboxylic acids is 1. The molecule has 2 aromatic carbocycles. The first-order chi connectivity index (χ1) is 16.3.